The summed E-state index contributed by atoms with van der Waals surface area (Å²) in [5.41, 5.74) is 9.92. The van der Waals surface area contributed by atoms with Crippen LogP contribution in [0, 0.1) is 5.82 Å². The fourth-order valence-corrected chi connectivity index (χ4v) is 3.41. The summed E-state index contributed by atoms with van der Waals surface area (Å²) in [6, 6.07) is 11.6. The third-order valence-electron chi connectivity index (χ3n) is 3.77. The minimum Gasteiger partial charge on any atom is -0.318 e. The summed E-state index contributed by atoms with van der Waals surface area (Å²) in [5, 5.41) is 0.760. The van der Waals surface area contributed by atoms with Crippen molar-refractivity contribution in [1.82, 2.24) is 15.0 Å². The Morgan fingerprint density at radius 3 is 2.50 bits per heavy atom. The molecule has 0 saturated heterocycles. The largest absolute Gasteiger partial charge is 0.318 e. The lowest BCUT2D eigenvalue weighted by Gasteiger charge is -2.07. The first-order valence-corrected chi connectivity index (χ1v) is 8.20. The first-order chi connectivity index (χ1) is 11.7. The van der Waals surface area contributed by atoms with E-state index in [9.17, 15) is 4.39 Å². The van der Waals surface area contributed by atoms with Gasteiger partial charge < -0.3 is 5.73 Å². The minimum absolute atomic E-state index is 0.279. The summed E-state index contributed by atoms with van der Waals surface area (Å²) in [4.78, 5) is 14.0. The molecule has 24 heavy (non-hydrogen) atoms. The van der Waals surface area contributed by atoms with Crippen LogP contribution in [0.3, 0.4) is 0 Å². The van der Waals surface area contributed by atoms with E-state index in [1.807, 2.05) is 24.4 Å². The first kappa shape index (κ1) is 14.9. The minimum atomic E-state index is -0.394. The summed E-state index contributed by atoms with van der Waals surface area (Å²) in [5.74, 6) is -0.279. The molecule has 0 spiro atoms. The van der Waals surface area contributed by atoms with E-state index in [0.29, 0.717) is 0 Å². The molecule has 0 aliphatic rings. The van der Waals surface area contributed by atoms with Gasteiger partial charge in [-0.25, -0.2) is 14.4 Å². The zero-order valence-electron chi connectivity index (χ0n) is 12.6. The molecule has 4 rings (SSSR count). The van der Waals surface area contributed by atoms with Crippen molar-refractivity contribution in [2.45, 2.75) is 6.04 Å². The molecule has 3 aromatic heterocycles. The van der Waals surface area contributed by atoms with Crippen molar-refractivity contribution in [3.63, 3.8) is 0 Å². The predicted molar refractivity (Wildman–Crippen MR) is 93.1 cm³/mol. The number of nitrogens with two attached hydrogens (primary N) is 1. The zero-order valence-corrected chi connectivity index (χ0v) is 13.4. The number of aromatic nitrogens is 3. The Hall–Kier alpha value is -2.70. The van der Waals surface area contributed by atoms with Gasteiger partial charge in [0.05, 0.1) is 6.04 Å². The number of rotatable bonds is 3. The van der Waals surface area contributed by atoms with E-state index >= 15 is 0 Å². The standard InChI is InChI=1S/C18H13FN4S/c19-14-3-1-12(2-4-14)16(20)18-23-15-9-13(10-22-17(15)24-18)11-5-7-21-8-6-11/h1-10,16H,20H2/t16-/m1/s1. The predicted octanol–water partition coefficient (Wildman–Crippen LogP) is 3.94. The number of hydrogen-bond acceptors (Lipinski definition) is 5. The Bertz CT molecular complexity index is 983. The average molecular weight is 336 g/mol. The fourth-order valence-electron chi connectivity index (χ4n) is 2.49. The fraction of sp³-hybridized carbons (Fsp3) is 0.0556. The van der Waals surface area contributed by atoms with E-state index in [1.165, 1.54) is 23.5 Å². The number of thiazole rings is 1. The van der Waals surface area contributed by atoms with E-state index in [-0.39, 0.29) is 5.82 Å². The SMILES string of the molecule is N[C@H](c1ccc(F)cc1)c1nc2cc(-c3ccncc3)cnc2s1. The molecule has 4 nitrogen and oxygen atoms in total. The topological polar surface area (TPSA) is 64.7 Å². The Kier molecular flexibility index (Phi) is 3.76. The molecule has 0 aliphatic carbocycles. The summed E-state index contributed by atoms with van der Waals surface area (Å²) >= 11 is 1.45. The molecule has 4 aromatic rings. The maximum Gasteiger partial charge on any atom is 0.143 e. The molecule has 2 N–H and O–H groups in total. The van der Waals surface area contributed by atoms with E-state index in [0.717, 1.165) is 32.0 Å². The van der Waals surface area contributed by atoms with Crippen LogP contribution in [0.1, 0.15) is 16.6 Å². The molecule has 0 unspecified atom stereocenters. The van der Waals surface area contributed by atoms with Gasteiger partial charge >= 0.3 is 0 Å². The molecule has 1 atom stereocenters. The average Bonchev–Trinajstić information content (AvgIpc) is 3.06. The molecular formula is C18H13FN4S. The third kappa shape index (κ3) is 2.77. The highest BCUT2D eigenvalue weighted by atomic mass is 32.1. The summed E-state index contributed by atoms with van der Waals surface area (Å²) < 4.78 is 13.1. The number of hydrogen-bond donors (Lipinski definition) is 1. The number of benzene rings is 1. The summed E-state index contributed by atoms with van der Waals surface area (Å²) in [6.45, 7) is 0. The van der Waals surface area contributed by atoms with Gasteiger partial charge in [-0.05, 0) is 41.5 Å². The Balaban J connectivity index is 1.72. The maximum atomic E-state index is 13.1. The van der Waals surface area contributed by atoms with E-state index < -0.39 is 6.04 Å². The van der Waals surface area contributed by atoms with Crippen molar-refractivity contribution in [3.05, 3.63) is 77.4 Å². The highest BCUT2D eigenvalue weighted by molar-refractivity contribution is 7.18. The zero-order chi connectivity index (χ0) is 16.5. The van der Waals surface area contributed by atoms with Crippen molar-refractivity contribution in [1.29, 1.82) is 0 Å². The first-order valence-electron chi connectivity index (χ1n) is 7.38. The van der Waals surface area contributed by atoms with Crippen LogP contribution in [-0.4, -0.2) is 15.0 Å². The quantitative estimate of drug-likeness (QED) is 0.615. The molecular weight excluding hydrogens is 323 g/mol. The monoisotopic (exact) mass is 336 g/mol. The molecule has 0 amide bonds. The van der Waals surface area contributed by atoms with Crippen LogP contribution in [0.25, 0.3) is 21.5 Å². The van der Waals surface area contributed by atoms with Gasteiger partial charge in [-0.3, -0.25) is 4.98 Å². The van der Waals surface area contributed by atoms with Crippen molar-refractivity contribution in [2.75, 3.05) is 0 Å². The molecule has 118 valence electrons. The number of pyridine rings is 2. The van der Waals surface area contributed by atoms with E-state index in [1.54, 1.807) is 24.5 Å². The van der Waals surface area contributed by atoms with Gasteiger partial charge in [0.2, 0.25) is 0 Å². The second kappa shape index (κ2) is 6.07. The number of halogens is 1. The van der Waals surface area contributed by atoms with Crippen molar-refractivity contribution in [2.24, 2.45) is 5.73 Å². The van der Waals surface area contributed by atoms with Crippen LogP contribution in [0.2, 0.25) is 0 Å². The lowest BCUT2D eigenvalue weighted by Crippen LogP contribution is -2.11. The summed E-state index contributed by atoms with van der Waals surface area (Å²) in [6.07, 6.45) is 5.32. The number of fused-ring (bicyclic) bond motifs is 1. The molecule has 3 heterocycles. The van der Waals surface area contributed by atoms with Crippen LogP contribution >= 0.6 is 11.3 Å². The van der Waals surface area contributed by atoms with Gasteiger partial charge in [0.15, 0.2) is 0 Å². The van der Waals surface area contributed by atoms with Crippen LogP contribution in [-0.2, 0) is 0 Å². The second-order valence-electron chi connectivity index (χ2n) is 5.37. The lowest BCUT2D eigenvalue weighted by molar-refractivity contribution is 0.626. The molecule has 0 saturated carbocycles. The smallest absolute Gasteiger partial charge is 0.143 e. The molecule has 0 bridgehead atoms. The Morgan fingerprint density at radius 2 is 1.75 bits per heavy atom. The molecule has 0 fully saturated rings. The van der Waals surface area contributed by atoms with Gasteiger partial charge in [0.25, 0.3) is 0 Å². The van der Waals surface area contributed by atoms with Gasteiger partial charge in [0.1, 0.15) is 21.2 Å². The van der Waals surface area contributed by atoms with Crippen molar-refractivity contribution < 1.29 is 4.39 Å². The Morgan fingerprint density at radius 1 is 1.00 bits per heavy atom. The van der Waals surface area contributed by atoms with Crippen molar-refractivity contribution >= 4 is 21.7 Å². The highest BCUT2D eigenvalue weighted by Crippen LogP contribution is 2.30. The summed E-state index contributed by atoms with van der Waals surface area (Å²) in [7, 11) is 0. The van der Waals surface area contributed by atoms with Crippen LogP contribution in [0.5, 0.6) is 0 Å². The molecule has 0 radical (unpaired) electrons. The van der Waals surface area contributed by atoms with Gasteiger partial charge in [-0.1, -0.05) is 23.5 Å². The van der Waals surface area contributed by atoms with Crippen molar-refractivity contribution in [3.8, 4) is 11.1 Å². The van der Waals surface area contributed by atoms with Gasteiger partial charge in [-0.2, -0.15) is 0 Å². The van der Waals surface area contributed by atoms with Crippen LogP contribution < -0.4 is 5.73 Å². The van der Waals surface area contributed by atoms with E-state index in [4.69, 9.17) is 5.73 Å². The molecule has 6 heteroatoms. The molecule has 1 aromatic carbocycles. The lowest BCUT2D eigenvalue weighted by atomic mass is 10.1. The number of nitrogens with zero attached hydrogens (tertiary/aromatic N) is 3. The van der Waals surface area contributed by atoms with Gasteiger partial charge in [-0.15, -0.1) is 0 Å². The second-order valence-corrected chi connectivity index (χ2v) is 6.37. The maximum absolute atomic E-state index is 13.1. The third-order valence-corrected chi connectivity index (χ3v) is 4.84. The molecule has 0 aliphatic heterocycles. The highest BCUT2D eigenvalue weighted by Gasteiger charge is 2.15. The van der Waals surface area contributed by atoms with Crippen LogP contribution in [0.4, 0.5) is 4.39 Å². The van der Waals surface area contributed by atoms with E-state index in [2.05, 4.69) is 15.0 Å². The van der Waals surface area contributed by atoms with Crippen LogP contribution in [0.15, 0.2) is 61.1 Å². The Labute approximate surface area is 141 Å². The van der Waals surface area contributed by atoms with Gasteiger partial charge in [0, 0.05) is 24.2 Å². The normalized spacial score (nSPS) is 12.4.